The van der Waals surface area contributed by atoms with E-state index in [1.54, 1.807) is 24.5 Å². The molecule has 6 heteroatoms. The first kappa shape index (κ1) is 15.5. The molecule has 2 heterocycles. The monoisotopic (exact) mass is 336 g/mol. The molecular formula is C19H17FN4O. The number of carbonyl (C=O) groups excluding carboxylic acids is 1. The molecular weight excluding hydrogens is 319 g/mol. The van der Waals surface area contributed by atoms with Gasteiger partial charge >= 0.3 is 0 Å². The van der Waals surface area contributed by atoms with Gasteiger partial charge in [0.2, 0.25) is 5.91 Å². The lowest BCUT2D eigenvalue weighted by atomic mass is 10.1. The van der Waals surface area contributed by atoms with Crippen molar-refractivity contribution in [1.82, 2.24) is 9.97 Å². The van der Waals surface area contributed by atoms with Crippen molar-refractivity contribution in [2.75, 3.05) is 23.3 Å². The Bertz CT molecular complexity index is 930. The minimum absolute atomic E-state index is 0.0536. The van der Waals surface area contributed by atoms with Crippen LogP contribution in [0.3, 0.4) is 0 Å². The topological polar surface area (TPSA) is 58.1 Å². The third-order valence-electron chi connectivity index (χ3n) is 4.49. The molecule has 1 unspecified atom stereocenters. The fourth-order valence-electron chi connectivity index (χ4n) is 3.19. The summed E-state index contributed by atoms with van der Waals surface area (Å²) in [7, 11) is 0. The minimum Gasteiger partial charge on any atom is -0.368 e. The molecule has 4 rings (SSSR count). The molecule has 3 aromatic rings. The summed E-state index contributed by atoms with van der Waals surface area (Å²) in [5, 5.41) is 2.94. The van der Waals surface area contributed by atoms with Gasteiger partial charge in [0.15, 0.2) is 0 Å². The molecule has 126 valence electrons. The Morgan fingerprint density at radius 1 is 1.12 bits per heavy atom. The highest BCUT2D eigenvalue weighted by Crippen LogP contribution is 2.27. The van der Waals surface area contributed by atoms with E-state index in [2.05, 4.69) is 15.3 Å². The fraction of sp³-hybridized carbons (Fsp3) is 0.211. The lowest BCUT2D eigenvalue weighted by Crippen LogP contribution is -2.27. The maximum Gasteiger partial charge on any atom is 0.229 e. The number of hydrogen-bond donors (Lipinski definition) is 1. The van der Waals surface area contributed by atoms with E-state index in [9.17, 15) is 9.18 Å². The van der Waals surface area contributed by atoms with Crippen LogP contribution < -0.4 is 10.2 Å². The van der Waals surface area contributed by atoms with Gasteiger partial charge in [0, 0.05) is 31.2 Å². The number of carbonyl (C=O) groups is 1. The number of anilines is 2. The zero-order chi connectivity index (χ0) is 17.2. The Kier molecular flexibility index (Phi) is 4.01. The van der Waals surface area contributed by atoms with Crippen molar-refractivity contribution in [3.63, 3.8) is 0 Å². The predicted octanol–water partition coefficient (Wildman–Crippen LogP) is 3.23. The predicted molar refractivity (Wildman–Crippen MR) is 94.9 cm³/mol. The number of amides is 1. The van der Waals surface area contributed by atoms with Crippen LogP contribution in [0.1, 0.15) is 6.42 Å². The van der Waals surface area contributed by atoms with E-state index in [0.717, 1.165) is 11.0 Å². The van der Waals surface area contributed by atoms with Crippen LogP contribution >= 0.6 is 0 Å². The van der Waals surface area contributed by atoms with Crippen LogP contribution in [-0.2, 0) is 4.79 Å². The van der Waals surface area contributed by atoms with Gasteiger partial charge in [-0.05, 0) is 36.8 Å². The first-order valence-electron chi connectivity index (χ1n) is 8.22. The largest absolute Gasteiger partial charge is 0.368 e. The normalized spacial score (nSPS) is 17.0. The molecule has 0 radical (unpaired) electrons. The van der Waals surface area contributed by atoms with Crippen LogP contribution in [0.4, 0.5) is 15.8 Å². The first-order chi connectivity index (χ1) is 12.2. The molecule has 1 saturated heterocycles. The molecule has 0 aliphatic carbocycles. The average molecular weight is 336 g/mol. The molecule has 1 atom stereocenters. The molecule has 1 aromatic heterocycles. The second kappa shape index (κ2) is 6.47. The van der Waals surface area contributed by atoms with Gasteiger partial charge in [0.1, 0.15) is 5.82 Å². The van der Waals surface area contributed by atoms with E-state index in [1.165, 1.54) is 6.07 Å². The van der Waals surface area contributed by atoms with E-state index in [4.69, 9.17) is 0 Å². The van der Waals surface area contributed by atoms with Gasteiger partial charge in [-0.1, -0.05) is 12.1 Å². The highest BCUT2D eigenvalue weighted by Gasteiger charge is 2.29. The van der Waals surface area contributed by atoms with Crippen molar-refractivity contribution < 1.29 is 9.18 Å². The number of nitrogens with one attached hydrogen (secondary N) is 1. The van der Waals surface area contributed by atoms with Gasteiger partial charge < -0.3 is 10.2 Å². The Balaban J connectivity index is 1.45. The summed E-state index contributed by atoms with van der Waals surface area (Å²) >= 11 is 0. The van der Waals surface area contributed by atoms with Crippen molar-refractivity contribution >= 4 is 28.3 Å². The van der Waals surface area contributed by atoms with E-state index in [0.29, 0.717) is 30.9 Å². The quantitative estimate of drug-likeness (QED) is 0.798. The van der Waals surface area contributed by atoms with E-state index in [-0.39, 0.29) is 17.6 Å². The molecule has 0 saturated carbocycles. The average Bonchev–Trinajstić information content (AvgIpc) is 3.12. The lowest BCUT2D eigenvalue weighted by molar-refractivity contribution is -0.119. The van der Waals surface area contributed by atoms with Crippen molar-refractivity contribution in [3.05, 3.63) is 60.7 Å². The molecule has 25 heavy (non-hydrogen) atoms. The molecule has 5 nitrogen and oxygen atoms in total. The number of rotatable bonds is 3. The first-order valence-corrected chi connectivity index (χ1v) is 8.22. The number of para-hydroxylation sites is 1. The molecule has 1 amide bonds. The third kappa shape index (κ3) is 3.15. The summed E-state index contributed by atoms with van der Waals surface area (Å²) in [6.45, 7) is 1.18. The number of hydrogen-bond acceptors (Lipinski definition) is 4. The Hall–Kier alpha value is -3.02. The summed E-state index contributed by atoms with van der Waals surface area (Å²) in [6.07, 6.45) is 3.96. The maximum atomic E-state index is 13.9. The van der Waals surface area contributed by atoms with Gasteiger partial charge in [0.25, 0.3) is 0 Å². The van der Waals surface area contributed by atoms with Gasteiger partial charge in [-0.3, -0.25) is 14.8 Å². The van der Waals surface area contributed by atoms with Crippen molar-refractivity contribution in [1.29, 1.82) is 0 Å². The zero-order valence-corrected chi connectivity index (χ0v) is 13.5. The molecule has 1 N–H and O–H groups in total. The molecule has 1 aliphatic heterocycles. The molecule has 0 bridgehead atoms. The van der Waals surface area contributed by atoms with Gasteiger partial charge in [-0.2, -0.15) is 0 Å². The van der Waals surface area contributed by atoms with Crippen molar-refractivity contribution in [2.24, 2.45) is 5.92 Å². The number of benzene rings is 2. The van der Waals surface area contributed by atoms with Gasteiger partial charge in [0.05, 0.1) is 22.6 Å². The second-order valence-corrected chi connectivity index (χ2v) is 6.13. The number of fused-ring (bicyclic) bond motifs is 1. The van der Waals surface area contributed by atoms with E-state index < -0.39 is 0 Å². The van der Waals surface area contributed by atoms with Crippen LogP contribution in [0.5, 0.6) is 0 Å². The molecule has 1 aliphatic rings. The summed E-state index contributed by atoms with van der Waals surface area (Å²) < 4.78 is 13.9. The summed E-state index contributed by atoms with van der Waals surface area (Å²) in [6, 6.07) is 12.1. The summed E-state index contributed by atoms with van der Waals surface area (Å²) in [5.74, 6) is -0.476. The minimum atomic E-state index is -0.253. The Morgan fingerprint density at radius 2 is 1.92 bits per heavy atom. The maximum absolute atomic E-state index is 13.9. The van der Waals surface area contributed by atoms with Crippen molar-refractivity contribution in [3.8, 4) is 0 Å². The van der Waals surface area contributed by atoms with Gasteiger partial charge in [-0.25, -0.2) is 4.39 Å². The SMILES string of the molecule is O=C(Nc1ccc2nccnc2c1)C1CCN(c2ccccc2F)C1. The highest BCUT2D eigenvalue weighted by atomic mass is 19.1. The molecule has 0 spiro atoms. The number of nitrogens with zero attached hydrogens (tertiary/aromatic N) is 3. The standard InChI is InChI=1S/C19H17FN4O/c20-15-3-1-2-4-18(15)24-10-7-13(12-24)19(25)23-14-5-6-16-17(11-14)22-9-8-21-16/h1-6,8-9,11,13H,7,10,12H2,(H,23,25). The van der Waals surface area contributed by atoms with Gasteiger partial charge in [-0.15, -0.1) is 0 Å². The second-order valence-electron chi connectivity index (χ2n) is 6.13. The summed E-state index contributed by atoms with van der Waals surface area (Å²) in [5.41, 5.74) is 2.77. The van der Waals surface area contributed by atoms with Crippen LogP contribution in [-0.4, -0.2) is 29.0 Å². The third-order valence-corrected chi connectivity index (χ3v) is 4.49. The Morgan fingerprint density at radius 3 is 2.76 bits per heavy atom. The smallest absolute Gasteiger partial charge is 0.229 e. The Labute approximate surface area is 144 Å². The van der Waals surface area contributed by atoms with Crippen LogP contribution in [0.15, 0.2) is 54.9 Å². The zero-order valence-electron chi connectivity index (χ0n) is 13.5. The number of halogens is 1. The lowest BCUT2D eigenvalue weighted by Gasteiger charge is -2.19. The van der Waals surface area contributed by atoms with Crippen LogP contribution in [0.2, 0.25) is 0 Å². The highest BCUT2D eigenvalue weighted by molar-refractivity contribution is 5.95. The summed E-state index contributed by atoms with van der Waals surface area (Å²) in [4.78, 5) is 22.9. The van der Waals surface area contributed by atoms with Crippen molar-refractivity contribution in [2.45, 2.75) is 6.42 Å². The van der Waals surface area contributed by atoms with Crippen LogP contribution in [0, 0.1) is 11.7 Å². The number of aromatic nitrogens is 2. The fourth-order valence-corrected chi connectivity index (χ4v) is 3.19. The molecule has 1 fully saturated rings. The van der Waals surface area contributed by atoms with E-state index >= 15 is 0 Å². The van der Waals surface area contributed by atoms with E-state index in [1.807, 2.05) is 29.2 Å². The van der Waals surface area contributed by atoms with Crippen LogP contribution in [0.25, 0.3) is 11.0 Å². The molecule has 2 aromatic carbocycles.